The largest absolute Gasteiger partial charge is 0.496 e. The fourth-order valence-corrected chi connectivity index (χ4v) is 2.36. The molecule has 0 spiro atoms. The van der Waals surface area contributed by atoms with Gasteiger partial charge in [-0.3, -0.25) is 14.9 Å². The average molecular weight is 358 g/mol. The van der Waals surface area contributed by atoms with Crippen molar-refractivity contribution < 1.29 is 19.2 Å². The highest BCUT2D eigenvalue weighted by Gasteiger charge is 2.17. The number of methoxy groups -OCH3 is 1. The molecule has 0 aromatic heterocycles. The molecule has 138 valence electrons. The van der Waals surface area contributed by atoms with E-state index in [0.717, 1.165) is 6.42 Å². The molecule has 0 saturated heterocycles. The van der Waals surface area contributed by atoms with Gasteiger partial charge in [0.05, 0.1) is 18.1 Å². The van der Waals surface area contributed by atoms with E-state index in [1.807, 2.05) is 24.3 Å². The lowest BCUT2D eigenvalue weighted by atomic mass is 9.99. The molecule has 0 saturated carbocycles. The van der Waals surface area contributed by atoms with Gasteiger partial charge in [0.1, 0.15) is 17.2 Å². The van der Waals surface area contributed by atoms with E-state index in [0.29, 0.717) is 17.4 Å². The average Bonchev–Trinajstić information content (AvgIpc) is 2.66. The first-order chi connectivity index (χ1) is 12.4. The number of nitrogens with one attached hydrogen (secondary N) is 1. The Labute approximate surface area is 152 Å². The summed E-state index contributed by atoms with van der Waals surface area (Å²) in [7, 11) is 1.41. The van der Waals surface area contributed by atoms with E-state index in [1.165, 1.54) is 30.9 Å². The van der Waals surface area contributed by atoms with Crippen LogP contribution < -0.4 is 14.8 Å². The van der Waals surface area contributed by atoms with Crippen molar-refractivity contribution in [2.45, 2.75) is 26.2 Å². The van der Waals surface area contributed by atoms with Gasteiger partial charge in [-0.1, -0.05) is 26.0 Å². The summed E-state index contributed by atoms with van der Waals surface area (Å²) in [5.41, 5.74) is 1.06. The maximum atomic E-state index is 12.0. The molecule has 2 aromatic rings. The number of amides is 1. The summed E-state index contributed by atoms with van der Waals surface area (Å²) in [5, 5.41) is 13.6. The van der Waals surface area contributed by atoms with Crippen molar-refractivity contribution in [3.05, 3.63) is 58.1 Å². The molecule has 26 heavy (non-hydrogen) atoms. The van der Waals surface area contributed by atoms with Crippen LogP contribution in [0.4, 0.5) is 11.4 Å². The Hall–Kier alpha value is -3.09. The highest BCUT2D eigenvalue weighted by Crippen LogP contribution is 2.29. The molecule has 1 N–H and O–H groups in total. The number of anilines is 1. The molecular formula is C19H22N2O5. The summed E-state index contributed by atoms with van der Waals surface area (Å²) >= 11 is 0. The van der Waals surface area contributed by atoms with Crippen LogP contribution in [-0.2, 0) is 4.79 Å². The molecule has 0 aliphatic heterocycles. The Morgan fingerprint density at radius 1 is 1.19 bits per heavy atom. The summed E-state index contributed by atoms with van der Waals surface area (Å²) < 4.78 is 10.4. The van der Waals surface area contributed by atoms with Crippen LogP contribution in [-0.4, -0.2) is 24.5 Å². The van der Waals surface area contributed by atoms with Crippen LogP contribution in [0.5, 0.6) is 11.5 Å². The molecule has 2 aromatic carbocycles. The van der Waals surface area contributed by atoms with Crippen LogP contribution in [0, 0.1) is 10.1 Å². The lowest BCUT2D eigenvalue weighted by molar-refractivity contribution is -0.384. The molecule has 0 heterocycles. The van der Waals surface area contributed by atoms with Gasteiger partial charge in [0.15, 0.2) is 6.61 Å². The predicted octanol–water partition coefficient (Wildman–Crippen LogP) is 4.13. The topological polar surface area (TPSA) is 90.7 Å². The molecule has 0 bridgehead atoms. The number of ether oxygens (including phenoxy) is 2. The molecule has 7 nitrogen and oxygen atoms in total. The standard InChI is InChI=1S/C19H22N2O5/c1-4-13(2)14-5-7-15(8-6-14)26-12-19(22)20-17-10-9-16(25-3)11-18(17)21(23)24/h5-11,13H,4,12H2,1-3H3,(H,20,22)/t13-/m1/s1. The summed E-state index contributed by atoms with van der Waals surface area (Å²) in [4.78, 5) is 22.6. The molecule has 0 unspecified atom stereocenters. The van der Waals surface area contributed by atoms with Gasteiger partial charge >= 0.3 is 0 Å². The monoisotopic (exact) mass is 358 g/mol. The molecule has 7 heteroatoms. The first-order valence-electron chi connectivity index (χ1n) is 8.29. The lowest BCUT2D eigenvalue weighted by Crippen LogP contribution is -2.20. The van der Waals surface area contributed by atoms with Crippen molar-refractivity contribution in [2.24, 2.45) is 0 Å². The van der Waals surface area contributed by atoms with E-state index in [4.69, 9.17) is 9.47 Å². The fraction of sp³-hybridized carbons (Fsp3) is 0.316. The Bertz CT molecular complexity index is 774. The number of nitro benzene ring substituents is 1. The minimum Gasteiger partial charge on any atom is -0.496 e. The molecular weight excluding hydrogens is 336 g/mol. The van der Waals surface area contributed by atoms with E-state index >= 15 is 0 Å². The Morgan fingerprint density at radius 2 is 1.85 bits per heavy atom. The Kier molecular flexibility index (Phi) is 6.54. The van der Waals surface area contributed by atoms with Crippen LogP contribution >= 0.6 is 0 Å². The van der Waals surface area contributed by atoms with E-state index in [-0.39, 0.29) is 18.0 Å². The smallest absolute Gasteiger partial charge is 0.296 e. The Morgan fingerprint density at radius 3 is 2.42 bits per heavy atom. The SMILES string of the molecule is CC[C@@H](C)c1ccc(OCC(=O)Nc2ccc(OC)cc2[N+](=O)[O-])cc1. The number of nitro groups is 1. The number of carbonyl (C=O) groups excluding carboxylic acids is 1. The zero-order chi connectivity index (χ0) is 19.1. The molecule has 0 aliphatic rings. The number of benzene rings is 2. The zero-order valence-corrected chi connectivity index (χ0v) is 15.0. The maximum Gasteiger partial charge on any atom is 0.296 e. The van der Waals surface area contributed by atoms with Crippen molar-refractivity contribution in [2.75, 3.05) is 19.0 Å². The third-order valence-electron chi connectivity index (χ3n) is 4.11. The minimum absolute atomic E-state index is 0.0940. The van der Waals surface area contributed by atoms with Crippen LogP contribution in [0.1, 0.15) is 31.7 Å². The third kappa shape index (κ3) is 4.95. The predicted molar refractivity (Wildman–Crippen MR) is 98.9 cm³/mol. The van der Waals surface area contributed by atoms with Gasteiger partial charge in [-0.15, -0.1) is 0 Å². The van der Waals surface area contributed by atoms with E-state index in [9.17, 15) is 14.9 Å². The second-order valence-corrected chi connectivity index (χ2v) is 5.86. The van der Waals surface area contributed by atoms with Crippen LogP contribution in [0.2, 0.25) is 0 Å². The number of carbonyl (C=O) groups is 1. The summed E-state index contributed by atoms with van der Waals surface area (Å²) in [6, 6.07) is 11.8. The zero-order valence-electron chi connectivity index (χ0n) is 15.0. The fourth-order valence-electron chi connectivity index (χ4n) is 2.36. The van der Waals surface area contributed by atoms with Crippen molar-refractivity contribution in [3.63, 3.8) is 0 Å². The molecule has 0 radical (unpaired) electrons. The second kappa shape index (κ2) is 8.84. The normalized spacial score (nSPS) is 11.5. The third-order valence-corrected chi connectivity index (χ3v) is 4.11. The minimum atomic E-state index is -0.577. The van der Waals surface area contributed by atoms with E-state index in [1.54, 1.807) is 0 Å². The Balaban J connectivity index is 1.98. The molecule has 0 aliphatic carbocycles. The van der Waals surface area contributed by atoms with Crippen LogP contribution in [0.25, 0.3) is 0 Å². The quantitative estimate of drug-likeness (QED) is 0.566. The van der Waals surface area contributed by atoms with Crippen LogP contribution in [0.3, 0.4) is 0 Å². The molecule has 0 fully saturated rings. The number of hydrogen-bond acceptors (Lipinski definition) is 5. The van der Waals surface area contributed by atoms with Crippen molar-refractivity contribution >= 4 is 17.3 Å². The first-order valence-corrected chi connectivity index (χ1v) is 8.29. The summed E-state index contributed by atoms with van der Waals surface area (Å²) in [6.45, 7) is 4.02. The second-order valence-electron chi connectivity index (χ2n) is 5.86. The van der Waals surface area contributed by atoms with E-state index in [2.05, 4.69) is 19.2 Å². The van der Waals surface area contributed by atoms with Gasteiger partial charge < -0.3 is 14.8 Å². The van der Waals surface area contributed by atoms with Crippen molar-refractivity contribution in [1.82, 2.24) is 0 Å². The number of nitrogens with zero attached hydrogens (tertiary/aromatic N) is 1. The summed E-state index contributed by atoms with van der Waals surface area (Å²) in [5.74, 6) is 0.885. The van der Waals surface area contributed by atoms with Gasteiger partial charge in [0, 0.05) is 0 Å². The molecule has 1 atom stereocenters. The molecule has 2 rings (SSSR count). The van der Waals surface area contributed by atoms with Crippen molar-refractivity contribution in [1.29, 1.82) is 0 Å². The van der Waals surface area contributed by atoms with Crippen molar-refractivity contribution in [3.8, 4) is 11.5 Å². The van der Waals surface area contributed by atoms with Gasteiger partial charge in [-0.05, 0) is 42.2 Å². The van der Waals surface area contributed by atoms with Gasteiger partial charge in [0.2, 0.25) is 0 Å². The number of hydrogen-bond donors (Lipinski definition) is 1. The highest BCUT2D eigenvalue weighted by molar-refractivity contribution is 5.94. The van der Waals surface area contributed by atoms with Crippen LogP contribution in [0.15, 0.2) is 42.5 Å². The summed E-state index contributed by atoms with van der Waals surface area (Å²) in [6.07, 6.45) is 1.04. The van der Waals surface area contributed by atoms with E-state index < -0.39 is 10.8 Å². The highest BCUT2D eigenvalue weighted by atomic mass is 16.6. The number of rotatable bonds is 8. The molecule has 1 amide bonds. The lowest BCUT2D eigenvalue weighted by Gasteiger charge is -2.11. The van der Waals surface area contributed by atoms with Gasteiger partial charge in [-0.25, -0.2) is 0 Å². The first kappa shape index (κ1) is 19.2. The maximum absolute atomic E-state index is 12.0. The van der Waals surface area contributed by atoms with Gasteiger partial charge in [0.25, 0.3) is 11.6 Å². The van der Waals surface area contributed by atoms with Gasteiger partial charge in [-0.2, -0.15) is 0 Å².